The molecule has 0 bridgehead atoms. The molecule has 0 aliphatic rings. The van der Waals surface area contributed by atoms with E-state index < -0.39 is 22.1 Å². The molecule has 0 aliphatic heterocycles. The van der Waals surface area contributed by atoms with Crippen LogP contribution in [-0.2, 0) is 0 Å². The molecular formula is C10H13NO4. The summed E-state index contributed by atoms with van der Waals surface area (Å²) in [5.74, 6) is -0.971. The molecule has 0 aromatic heterocycles. The van der Waals surface area contributed by atoms with Crippen molar-refractivity contribution < 1.29 is 14.8 Å². The van der Waals surface area contributed by atoms with Crippen LogP contribution in [0.15, 0.2) is 18.2 Å². The van der Waals surface area contributed by atoms with Gasteiger partial charge in [0.1, 0.15) is 0 Å². The monoisotopic (exact) mass is 211 g/mol. The number of para-hydroxylation sites is 1. The van der Waals surface area contributed by atoms with E-state index in [0.29, 0.717) is 0 Å². The first-order valence-corrected chi connectivity index (χ1v) is 4.51. The van der Waals surface area contributed by atoms with Crippen LogP contribution in [0.4, 0.5) is 5.69 Å². The Morgan fingerprint density at radius 3 is 2.33 bits per heavy atom. The van der Waals surface area contributed by atoms with Gasteiger partial charge < -0.3 is 5.11 Å². The Morgan fingerprint density at radius 1 is 1.40 bits per heavy atom. The SMILES string of the molecule is CC.CC(=O)c1cccc([N+](=O)[O-])c1O. The second-order valence-electron chi connectivity index (χ2n) is 2.49. The summed E-state index contributed by atoms with van der Waals surface area (Å²) < 4.78 is 0. The highest BCUT2D eigenvalue weighted by Crippen LogP contribution is 2.29. The van der Waals surface area contributed by atoms with Crippen LogP contribution in [0, 0.1) is 10.1 Å². The number of rotatable bonds is 2. The highest BCUT2D eigenvalue weighted by Gasteiger charge is 2.18. The van der Waals surface area contributed by atoms with E-state index >= 15 is 0 Å². The average molecular weight is 211 g/mol. The van der Waals surface area contributed by atoms with Gasteiger partial charge in [0.15, 0.2) is 5.78 Å². The summed E-state index contributed by atoms with van der Waals surface area (Å²) in [4.78, 5) is 20.5. The van der Waals surface area contributed by atoms with Gasteiger partial charge in [0.2, 0.25) is 5.75 Å². The van der Waals surface area contributed by atoms with Gasteiger partial charge in [-0.15, -0.1) is 0 Å². The third kappa shape index (κ3) is 3.05. The van der Waals surface area contributed by atoms with Crippen LogP contribution in [0.25, 0.3) is 0 Å². The fraction of sp³-hybridized carbons (Fsp3) is 0.300. The van der Waals surface area contributed by atoms with Crippen molar-refractivity contribution in [2.75, 3.05) is 0 Å². The van der Waals surface area contributed by atoms with Crippen molar-refractivity contribution in [2.24, 2.45) is 0 Å². The lowest BCUT2D eigenvalue weighted by atomic mass is 10.1. The van der Waals surface area contributed by atoms with Gasteiger partial charge in [-0.2, -0.15) is 0 Å². The molecule has 0 amide bonds. The number of carbonyl (C=O) groups is 1. The zero-order valence-electron chi connectivity index (χ0n) is 8.85. The number of ketones is 1. The lowest BCUT2D eigenvalue weighted by Crippen LogP contribution is -1.96. The molecule has 0 radical (unpaired) electrons. The van der Waals surface area contributed by atoms with Gasteiger partial charge in [-0.3, -0.25) is 14.9 Å². The van der Waals surface area contributed by atoms with Gasteiger partial charge in [-0.25, -0.2) is 0 Å². The van der Waals surface area contributed by atoms with Crippen molar-refractivity contribution in [2.45, 2.75) is 20.8 Å². The Labute approximate surface area is 87.5 Å². The normalized spacial score (nSPS) is 8.73. The average Bonchev–Trinajstić information content (AvgIpc) is 2.20. The predicted molar refractivity (Wildman–Crippen MR) is 56.1 cm³/mol. The first kappa shape index (κ1) is 13.1. The highest BCUT2D eigenvalue weighted by atomic mass is 16.6. The summed E-state index contributed by atoms with van der Waals surface area (Å²) in [5.41, 5.74) is -0.484. The molecule has 1 aromatic carbocycles. The van der Waals surface area contributed by atoms with E-state index in [4.69, 9.17) is 0 Å². The van der Waals surface area contributed by atoms with Crippen LogP contribution in [-0.4, -0.2) is 15.8 Å². The van der Waals surface area contributed by atoms with Crippen LogP contribution >= 0.6 is 0 Å². The van der Waals surface area contributed by atoms with E-state index in [1.54, 1.807) is 0 Å². The van der Waals surface area contributed by atoms with Crippen molar-refractivity contribution in [3.05, 3.63) is 33.9 Å². The fourth-order valence-electron chi connectivity index (χ4n) is 0.963. The summed E-state index contributed by atoms with van der Waals surface area (Å²) in [6.07, 6.45) is 0. The minimum atomic E-state index is -0.734. The summed E-state index contributed by atoms with van der Waals surface area (Å²) in [6.45, 7) is 5.23. The minimum absolute atomic E-state index is 0.0331. The maximum absolute atomic E-state index is 10.9. The van der Waals surface area contributed by atoms with E-state index in [2.05, 4.69) is 0 Å². The van der Waals surface area contributed by atoms with Crippen molar-refractivity contribution in [1.29, 1.82) is 0 Å². The number of nitro benzene ring substituents is 1. The number of Topliss-reactive ketones (excluding diaryl/α,β-unsaturated/α-hetero) is 1. The van der Waals surface area contributed by atoms with E-state index in [-0.39, 0.29) is 5.56 Å². The number of hydrogen-bond acceptors (Lipinski definition) is 4. The van der Waals surface area contributed by atoms with Crippen molar-refractivity contribution >= 4 is 11.5 Å². The molecule has 0 saturated carbocycles. The van der Waals surface area contributed by atoms with Gasteiger partial charge >= 0.3 is 5.69 Å². The van der Waals surface area contributed by atoms with Crippen LogP contribution in [0.5, 0.6) is 5.75 Å². The molecule has 0 atom stereocenters. The van der Waals surface area contributed by atoms with E-state index in [1.807, 2.05) is 13.8 Å². The van der Waals surface area contributed by atoms with Crippen LogP contribution in [0.1, 0.15) is 31.1 Å². The maximum Gasteiger partial charge on any atom is 0.311 e. The second-order valence-corrected chi connectivity index (χ2v) is 2.49. The van der Waals surface area contributed by atoms with Crippen LogP contribution in [0.2, 0.25) is 0 Å². The zero-order valence-corrected chi connectivity index (χ0v) is 8.85. The third-order valence-corrected chi connectivity index (χ3v) is 1.59. The molecule has 0 heterocycles. The van der Waals surface area contributed by atoms with Gasteiger partial charge in [-0.1, -0.05) is 19.9 Å². The number of nitro groups is 1. The van der Waals surface area contributed by atoms with Crippen LogP contribution in [0.3, 0.4) is 0 Å². The highest BCUT2D eigenvalue weighted by molar-refractivity contribution is 5.97. The molecule has 0 saturated heterocycles. The van der Waals surface area contributed by atoms with Gasteiger partial charge in [0.05, 0.1) is 10.5 Å². The largest absolute Gasteiger partial charge is 0.502 e. The molecule has 1 N–H and O–H groups in total. The molecule has 1 rings (SSSR count). The zero-order chi connectivity index (χ0) is 12.0. The molecule has 15 heavy (non-hydrogen) atoms. The number of benzene rings is 1. The van der Waals surface area contributed by atoms with Crippen molar-refractivity contribution in [1.82, 2.24) is 0 Å². The summed E-state index contributed by atoms with van der Waals surface area (Å²) in [5, 5.41) is 19.6. The van der Waals surface area contributed by atoms with Gasteiger partial charge in [-0.05, 0) is 13.0 Å². The Bertz CT molecular complexity index is 341. The standard InChI is InChI=1S/C8H7NO4.C2H6/c1-5(10)6-3-2-4-7(8(6)11)9(12)13;1-2/h2-4,11H,1H3;1-2H3. The van der Waals surface area contributed by atoms with E-state index in [1.165, 1.54) is 19.1 Å². The Hall–Kier alpha value is -1.91. The Morgan fingerprint density at radius 2 is 1.93 bits per heavy atom. The van der Waals surface area contributed by atoms with Gasteiger partial charge in [0, 0.05) is 6.07 Å². The second kappa shape index (κ2) is 5.74. The number of nitrogens with zero attached hydrogens (tertiary/aromatic N) is 1. The molecule has 5 nitrogen and oxygen atoms in total. The number of phenols is 1. The maximum atomic E-state index is 10.9. The van der Waals surface area contributed by atoms with Crippen molar-refractivity contribution in [3.8, 4) is 5.75 Å². The predicted octanol–water partition coefficient (Wildman–Crippen LogP) is 2.53. The summed E-state index contributed by atoms with van der Waals surface area (Å²) in [6, 6.07) is 3.83. The van der Waals surface area contributed by atoms with Crippen LogP contribution < -0.4 is 0 Å². The first-order chi connectivity index (χ1) is 7.04. The molecule has 5 heteroatoms. The summed E-state index contributed by atoms with van der Waals surface area (Å²) >= 11 is 0. The Kier molecular flexibility index (Phi) is 5.01. The smallest absolute Gasteiger partial charge is 0.311 e. The quantitative estimate of drug-likeness (QED) is 0.463. The molecule has 0 unspecified atom stereocenters. The molecule has 0 spiro atoms. The summed E-state index contributed by atoms with van der Waals surface area (Å²) in [7, 11) is 0. The Balaban J connectivity index is 0.000000921. The van der Waals surface area contributed by atoms with Crippen molar-refractivity contribution in [3.63, 3.8) is 0 Å². The lowest BCUT2D eigenvalue weighted by Gasteiger charge is -1.99. The van der Waals surface area contributed by atoms with E-state index in [0.717, 1.165) is 6.07 Å². The lowest BCUT2D eigenvalue weighted by molar-refractivity contribution is -0.385. The molecule has 0 aliphatic carbocycles. The molecular weight excluding hydrogens is 198 g/mol. The number of hydrogen-bond donors (Lipinski definition) is 1. The van der Waals surface area contributed by atoms with Gasteiger partial charge in [0.25, 0.3) is 0 Å². The number of carbonyl (C=O) groups excluding carboxylic acids is 1. The topological polar surface area (TPSA) is 80.4 Å². The third-order valence-electron chi connectivity index (χ3n) is 1.59. The number of aromatic hydroxyl groups is 1. The molecule has 0 fully saturated rings. The molecule has 82 valence electrons. The van der Waals surface area contributed by atoms with E-state index in [9.17, 15) is 20.0 Å². The minimum Gasteiger partial charge on any atom is -0.502 e. The fourth-order valence-corrected chi connectivity index (χ4v) is 0.963. The molecule has 1 aromatic rings. The number of phenolic OH excluding ortho intramolecular Hbond substituents is 1. The first-order valence-electron chi connectivity index (χ1n) is 4.51.